The van der Waals surface area contributed by atoms with E-state index in [0.29, 0.717) is 17.9 Å². The smallest absolute Gasteiger partial charge is 0.290 e. The van der Waals surface area contributed by atoms with Gasteiger partial charge in [0.25, 0.3) is 5.91 Å². The summed E-state index contributed by atoms with van der Waals surface area (Å²) < 4.78 is 11.4. The van der Waals surface area contributed by atoms with Crippen molar-refractivity contribution >= 4 is 27.4 Å². The van der Waals surface area contributed by atoms with Crippen molar-refractivity contribution in [2.75, 3.05) is 14.2 Å². The molecule has 0 fully saturated rings. The minimum atomic E-state index is -0.430. The Labute approximate surface area is 189 Å². The number of amides is 1. The molecule has 0 radical (unpaired) electrons. The molecule has 0 spiro atoms. The van der Waals surface area contributed by atoms with Gasteiger partial charge in [-0.3, -0.25) is 4.79 Å². The van der Waals surface area contributed by atoms with Crippen LogP contribution in [-0.4, -0.2) is 30.1 Å². The summed E-state index contributed by atoms with van der Waals surface area (Å²) in [5.74, 6) is 0.831. The summed E-state index contributed by atoms with van der Waals surface area (Å²) in [6.45, 7) is 0.351. The van der Waals surface area contributed by atoms with Crippen molar-refractivity contribution in [1.82, 2.24) is 4.90 Å². The molecule has 1 N–H and O–H groups in total. The highest BCUT2D eigenvalue weighted by molar-refractivity contribution is 9.10. The molecule has 3 aromatic rings. The molecule has 1 amide bonds. The SMILES string of the molecule is COc1ccc(CN2C(=O)C(O)=C(c3ccc(OC)cc3)C2c2cccc(Br)c2)cc1. The van der Waals surface area contributed by atoms with Crippen molar-refractivity contribution < 1.29 is 19.4 Å². The van der Waals surface area contributed by atoms with Crippen LogP contribution in [-0.2, 0) is 11.3 Å². The number of carbonyl (C=O) groups is 1. The number of methoxy groups -OCH3 is 2. The lowest BCUT2D eigenvalue weighted by Crippen LogP contribution is -2.29. The molecule has 158 valence electrons. The Morgan fingerprint density at radius 1 is 0.935 bits per heavy atom. The average Bonchev–Trinajstić information content (AvgIpc) is 3.04. The van der Waals surface area contributed by atoms with Gasteiger partial charge in [-0.25, -0.2) is 0 Å². The van der Waals surface area contributed by atoms with Crippen LogP contribution in [0.3, 0.4) is 0 Å². The van der Waals surface area contributed by atoms with E-state index in [1.165, 1.54) is 0 Å². The van der Waals surface area contributed by atoms with Gasteiger partial charge in [-0.1, -0.05) is 52.3 Å². The first-order valence-electron chi connectivity index (χ1n) is 9.78. The lowest BCUT2D eigenvalue weighted by atomic mass is 9.93. The van der Waals surface area contributed by atoms with Crippen LogP contribution in [0.5, 0.6) is 11.5 Å². The summed E-state index contributed by atoms with van der Waals surface area (Å²) in [5, 5.41) is 10.9. The quantitative estimate of drug-likeness (QED) is 0.505. The van der Waals surface area contributed by atoms with E-state index < -0.39 is 11.9 Å². The lowest BCUT2D eigenvalue weighted by Gasteiger charge is -2.28. The van der Waals surface area contributed by atoms with Gasteiger partial charge in [0.05, 0.1) is 20.3 Å². The second kappa shape index (κ2) is 8.86. The first-order chi connectivity index (χ1) is 15.0. The second-order valence-electron chi connectivity index (χ2n) is 7.23. The first kappa shape index (κ1) is 21.0. The van der Waals surface area contributed by atoms with Crippen molar-refractivity contribution in [1.29, 1.82) is 0 Å². The molecule has 0 aliphatic carbocycles. The zero-order valence-corrected chi connectivity index (χ0v) is 18.8. The maximum atomic E-state index is 13.2. The summed E-state index contributed by atoms with van der Waals surface area (Å²) in [7, 11) is 3.22. The number of nitrogens with zero attached hydrogens (tertiary/aromatic N) is 1. The van der Waals surface area contributed by atoms with Gasteiger partial charge < -0.3 is 19.5 Å². The van der Waals surface area contributed by atoms with Crippen molar-refractivity contribution in [3.05, 3.63) is 99.7 Å². The minimum absolute atomic E-state index is 0.233. The highest BCUT2D eigenvalue weighted by Crippen LogP contribution is 2.44. The average molecular weight is 480 g/mol. The molecule has 0 bridgehead atoms. The van der Waals surface area contributed by atoms with Crippen LogP contribution in [0.15, 0.2) is 83.0 Å². The number of aliphatic hydroxyl groups is 1. The van der Waals surface area contributed by atoms with Gasteiger partial charge in [0, 0.05) is 16.6 Å². The monoisotopic (exact) mass is 479 g/mol. The van der Waals surface area contributed by atoms with Gasteiger partial charge >= 0.3 is 0 Å². The molecule has 0 aromatic heterocycles. The summed E-state index contributed by atoms with van der Waals surface area (Å²) >= 11 is 3.52. The lowest BCUT2D eigenvalue weighted by molar-refractivity contribution is -0.130. The van der Waals surface area contributed by atoms with E-state index in [4.69, 9.17) is 9.47 Å². The van der Waals surface area contributed by atoms with E-state index in [9.17, 15) is 9.90 Å². The van der Waals surface area contributed by atoms with Gasteiger partial charge in [0.15, 0.2) is 5.76 Å². The van der Waals surface area contributed by atoms with Crippen LogP contribution in [0, 0.1) is 0 Å². The third-order valence-electron chi connectivity index (χ3n) is 5.38. The molecule has 1 heterocycles. The van der Waals surface area contributed by atoms with Crippen molar-refractivity contribution in [2.45, 2.75) is 12.6 Å². The first-order valence-corrected chi connectivity index (χ1v) is 10.6. The Morgan fingerprint density at radius 2 is 1.55 bits per heavy atom. The Morgan fingerprint density at radius 3 is 2.13 bits per heavy atom. The van der Waals surface area contributed by atoms with Crippen LogP contribution >= 0.6 is 15.9 Å². The maximum absolute atomic E-state index is 13.2. The molecule has 5 nitrogen and oxygen atoms in total. The van der Waals surface area contributed by atoms with Crippen LogP contribution < -0.4 is 9.47 Å². The van der Waals surface area contributed by atoms with E-state index in [0.717, 1.165) is 26.9 Å². The number of aliphatic hydroxyl groups excluding tert-OH is 1. The largest absolute Gasteiger partial charge is 0.503 e. The summed E-state index contributed by atoms with van der Waals surface area (Å²) in [5.41, 5.74) is 3.21. The second-order valence-corrected chi connectivity index (χ2v) is 8.15. The van der Waals surface area contributed by atoms with E-state index >= 15 is 0 Å². The number of benzene rings is 3. The predicted molar refractivity (Wildman–Crippen MR) is 123 cm³/mol. The third kappa shape index (κ3) is 4.16. The highest BCUT2D eigenvalue weighted by Gasteiger charge is 2.41. The Hall–Kier alpha value is -3.25. The van der Waals surface area contributed by atoms with E-state index in [-0.39, 0.29) is 5.76 Å². The van der Waals surface area contributed by atoms with Crippen molar-refractivity contribution in [2.24, 2.45) is 0 Å². The molecule has 4 rings (SSSR count). The topological polar surface area (TPSA) is 59.0 Å². The number of hydrogen-bond donors (Lipinski definition) is 1. The molecule has 1 aliphatic rings. The molecule has 1 unspecified atom stereocenters. The van der Waals surface area contributed by atoms with Gasteiger partial charge in [0.1, 0.15) is 11.5 Å². The third-order valence-corrected chi connectivity index (χ3v) is 5.87. The predicted octanol–water partition coefficient (Wildman–Crippen LogP) is 5.52. The molecular weight excluding hydrogens is 458 g/mol. The fourth-order valence-electron chi connectivity index (χ4n) is 3.83. The van der Waals surface area contributed by atoms with Gasteiger partial charge in [-0.05, 0) is 53.1 Å². The van der Waals surface area contributed by atoms with Crippen LogP contribution in [0.25, 0.3) is 5.57 Å². The summed E-state index contributed by atoms with van der Waals surface area (Å²) in [6.07, 6.45) is 0. The van der Waals surface area contributed by atoms with Crippen LogP contribution in [0.2, 0.25) is 0 Å². The molecule has 3 aromatic carbocycles. The van der Waals surface area contributed by atoms with E-state index in [2.05, 4.69) is 15.9 Å². The zero-order chi connectivity index (χ0) is 22.0. The van der Waals surface area contributed by atoms with Crippen molar-refractivity contribution in [3.63, 3.8) is 0 Å². The Balaban J connectivity index is 1.77. The summed E-state index contributed by atoms with van der Waals surface area (Å²) in [4.78, 5) is 14.9. The maximum Gasteiger partial charge on any atom is 0.290 e. The fourth-order valence-corrected chi connectivity index (χ4v) is 4.25. The molecule has 31 heavy (non-hydrogen) atoms. The molecule has 0 saturated heterocycles. The fraction of sp³-hybridized carbons (Fsp3) is 0.160. The van der Waals surface area contributed by atoms with Crippen molar-refractivity contribution in [3.8, 4) is 11.5 Å². The van der Waals surface area contributed by atoms with Gasteiger partial charge in [0.2, 0.25) is 0 Å². The number of halogens is 1. The zero-order valence-electron chi connectivity index (χ0n) is 17.2. The number of ether oxygens (including phenoxy) is 2. The van der Waals surface area contributed by atoms with E-state index in [1.807, 2.05) is 72.8 Å². The number of carbonyl (C=O) groups excluding carboxylic acids is 1. The Kier molecular flexibility index (Phi) is 6.00. The molecule has 1 aliphatic heterocycles. The number of rotatable bonds is 6. The minimum Gasteiger partial charge on any atom is -0.503 e. The molecule has 1 atom stereocenters. The van der Waals surface area contributed by atoms with E-state index in [1.54, 1.807) is 19.1 Å². The molecule has 0 saturated carbocycles. The van der Waals surface area contributed by atoms with Crippen LogP contribution in [0.4, 0.5) is 0 Å². The standard InChI is InChI=1S/C25H22BrNO4/c1-30-20-10-6-16(7-11-20)15-27-23(18-4-3-5-19(26)14-18)22(24(28)25(27)29)17-8-12-21(31-2)13-9-17/h3-14,23,28H,15H2,1-2H3. The molecular formula is C25H22BrNO4. The number of hydrogen-bond acceptors (Lipinski definition) is 4. The highest BCUT2D eigenvalue weighted by atomic mass is 79.9. The normalized spacial score (nSPS) is 16.0. The van der Waals surface area contributed by atoms with Gasteiger partial charge in [-0.15, -0.1) is 0 Å². The molecule has 6 heteroatoms. The van der Waals surface area contributed by atoms with Crippen LogP contribution in [0.1, 0.15) is 22.7 Å². The Bertz CT molecular complexity index is 1120. The van der Waals surface area contributed by atoms with Gasteiger partial charge in [-0.2, -0.15) is 0 Å². The summed E-state index contributed by atoms with van der Waals surface area (Å²) in [6, 6.07) is 22.3.